The van der Waals surface area contributed by atoms with E-state index >= 15 is 0 Å². The van der Waals surface area contributed by atoms with Gasteiger partial charge in [-0.05, 0) is 97.7 Å². The Labute approximate surface area is 212 Å². The van der Waals surface area contributed by atoms with Gasteiger partial charge in [-0.3, -0.25) is 4.79 Å². The molecule has 0 bridgehead atoms. The highest BCUT2D eigenvalue weighted by atomic mass is 19.4. The quantitative estimate of drug-likeness (QED) is 0.333. The molecule has 1 atom stereocenters. The summed E-state index contributed by atoms with van der Waals surface area (Å²) in [6.07, 6.45) is 1.24. The highest BCUT2D eigenvalue weighted by molar-refractivity contribution is 5.96. The number of hydrogen-bond acceptors (Lipinski definition) is 5. The van der Waals surface area contributed by atoms with E-state index in [-0.39, 0.29) is 11.2 Å². The van der Waals surface area contributed by atoms with Crippen molar-refractivity contribution in [3.05, 3.63) is 81.0 Å². The molecule has 3 N–H and O–H groups in total. The lowest BCUT2D eigenvalue weighted by atomic mass is 9.84. The van der Waals surface area contributed by atoms with E-state index < -0.39 is 17.8 Å². The van der Waals surface area contributed by atoms with Gasteiger partial charge in [-0.15, -0.1) is 0 Å². The van der Waals surface area contributed by atoms with Gasteiger partial charge in [0.25, 0.3) is 0 Å². The number of alkyl halides is 3. The van der Waals surface area contributed by atoms with Crippen molar-refractivity contribution in [1.82, 2.24) is 14.5 Å². The van der Waals surface area contributed by atoms with E-state index in [2.05, 4.69) is 10.3 Å². The molecule has 0 saturated heterocycles. The number of benzene rings is 2. The molecular formula is C28H28F3N5O. The summed E-state index contributed by atoms with van der Waals surface area (Å²) in [5.41, 5.74) is 10.6. The molecule has 0 spiro atoms. The minimum Gasteiger partial charge on any atom is -0.399 e. The summed E-state index contributed by atoms with van der Waals surface area (Å²) in [6.45, 7) is 3.60. The summed E-state index contributed by atoms with van der Waals surface area (Å²) in [4.78, 5) is 21.4. The van der Waals surface area contributed by atoms with Gasteiger partial charge in [0, 0.05) is 30.4 Å². The molecule has 1 aliphatic carbocycles. The third kappa shape index (κ3) is 4.77. The number of hydrogen-bond donors (Lipinski definition) is 2. The molecule has 0 amide bonds. The van der Waals surface area contributed by atoms with Crippen molar-refractivity contribution in [3.8, 4) is 11.1 Å². The maximum atomic E-state index is 13.4. The largest absolute Gasteiger partial charge is 0.416 e. The number of pyridine rings is 1. The lowest BCUT2D eigenvalue weighted by molar-refractivity contribution is -0.137. The number of nitrogens with zero attached hydrogens (tertiary/aromatic N) is 3. The first-order valence-corrected chi connectivity index (χ1v) is 12.3. The topological polar surface area (TPSA) is 85.8 Å². The minimum absolute atomic E-state index is 0.0493. The monoisotopic (exact) mass is 507 g/mol. The molecule has 2 heterocycles. The van der Waals surface area contributed by atoms with Crippen LogP contribution >= 0.6 is 0 Å². The Kier molecular flexibility index (Phi) is 6.17. The summed E-state index contributed by atoms with van der Waals surface area (Å²) in [6, 6.07) is 8.51. The molecule has 2 aromatic carbocycles. The molecule has 0 aliphatic heterocycles. The fourth-order valence-electron chi connectivity index (χ4n) is 5.14. The molecule has 1 unspecified atom stereocenters. The molecule has 0 fully saturated rings. The van der Waals surface area contributed by atoms with Gasteiger partial charge < -0.3 is 15.6 Å². The SMILES string of the molecule is Cc1nc(NC(C)c2cc(N)cc(C(F)(F)F)c2)c2cc(-c3ccc(=O)n(C)c3)c3c(c2n1)CCCC3. The number of fused-ring (bicyclic) bond motifs is 3. The van der Waals surface area contributed by atoms with Crippen molar-refractivity contribution in [3.63, 3.8) is 0 Å². The maximum Gasteiger partial charge on any atom is 0.416 e. The first-order valence-electron chi connectivity index (χ1n) is 12.3. The van der Waals surface area contributed by atoms with E-state index in [1.54, 1.807) is 30.7 Å². The third-order valence-corrected chi connectivity index (χ3v) is 6.98. The second-order valence-electron chi connectivity index (χ2n) is 9.72. The van der Waals surface area contributed by atoms with E-state index in [4.69, 9.17) is 10.7 Å². The van der Waals surface area contributed by atoms with Crippen LogP contribution in [-0.4, -0.2) is 14.5 Å². The van der Waals surface area contributed by atoms with E-state index in [1.165, 1.54) is 5.56 Å². The molecule has 37 heavy (non-hydrogen) atoms. The van der Waals surface area contributed by atoms with Crippen LogP contribution in [0.4, 0.5) is 24.7 Å². The van der Waals surface area contributed by atoms with E-state index in [9.17, 15) is 18.0 Å². The number of anilines is 2. The molecular weight excluding hydrogens is 479 g/mol. The second kappa shape index (κ2) is 9.21. The van der Waals surface area contributed by atoms with Crippen molar-refractivity contribution in [2.75, 3.05) is 11.1 Å². The van der Waals surface area contributed by atoms with Crippen LogP contribution < -0.4 is 16.6 Å². The van der Waals surface area contributed by atoms with Crippen LogP contribution in [0, 0.1) is 6.92 Å². The standard InChI is InChI=1S/C28H28F3N5O/c1-15(18-10-19(28(29,30)31)12-20(32)11-18)33-27-24-13-23(17-8-9-25(37)36(3)14-17)21-6-4-5-7-22(21)26(24)34-16(2)35-27/h8-15H,4-7,32H2,1-3H3,(H,33,34,35). The van der Waals surface area contributed by atoms with Crippen LogP contribution in [0.25, 0.3) is 22.0 Å². The van der Waals surface area contributed by atoms with Gasteiger partial charge in [-0.2, -0.15) is 13.2 Å². The van der Waals surface area contributed by atoms with Gasteiger partial charge in [0.1, 0.15) is 11.6 Å². The molecule has 1 aliphatic rings. The summed E-state index contributed by atoms with van der Waals surface area (Å²) >= 11 is 0. The van der Waals surface area contributed by atoms with Gasteiger partial charge in [-0.25, -0.2) is 9.97 Å². The molecule has 4 aromatic rings. The van der Waals surface area contributed by atoms with E-state index in [0.717, 1.165) is 65.4 Å². The van der Waals surface area contributed by atoms with E-state index in [0.29, 0.717) is 17.2 Å². The van der Waals surface area contributed by atoms with Crippen molar-refractivity contribution in [1.29, 1.82) is 0 Å². The number of aromatic nitrogens is 3. The Bertz CT molecular complexity index is 1580. The van der Waals surface area contributed by atoms with Crippen molar-refractivity contribution < 1.29 is 13.2 Å². The Hall–Kier alpha value is -3.88. The number of nitrogens with one attached hydrogen (secondary N) is 1. The van der Waals surface area contributed by atoms with Gasteiger partial charge in [-0.1, -0.05) is 0 Å². The summed E-state index contributed by atoms with van der Waals surface area (Å²) in [7, 11) is 1.72. The first kappa shape index (κ1) is 24.8. The Balaban J connectivity index is 1.66. The average Bonchev–Trinajstić information content (AvgIpc) is 2.84. The predicted octanol–water partition coefficient (Wildman–Crippen LogP) is 5.96. The molecule has 6 nitrogen and oxygen atoms in total. The molecule has 9 heteroatoms. The molecule has 5 rings (SSSR count). The van der Waals surface area contributed by atoms with Gasteiger partial charge >= 0.3 is 6.18 Å². The van der Waals surface area contributed by atoms with Crippen molar-refractivity contribution in [2.45, 2.75) is 51.7 Å². The highest BCUT2D eigenvalue weighted by Gasteiger charge is 2.31. The van der Waals surface area contributed by atoms with Crippen LogP contribution in [-0.2, 0) is 26.1 Å². The van der Waals surface area contributed by atoms with Crippen LogP contribution in [0.15, 0.2) is 47.4 Å². The van der Waals surface area contributed by atoms with Crippen molar-refractivity contribution >= 4 is 22.4 Å². The van der Waals surface area contributed by atoms with Gasteiger partial charge in [0.05, 0.1) is 17.1 Å². The predicted molar refractivity (Wildman–Crippen MR) is 139 cm³/mol. The number of rotatable bonds is 4. The lowest BCUT2D eigenvalue weighted by Crippen LogP contribution is -2.15. The lowest BCUT2D eigenvalue weighted by Gasteiger charge is -2.24. The normalized spacial score (nSPS) is 14.4. The second-order valence-corrected chi connectivity index (χ2v) is 9.72. The van der Waals surface area contributed by atoms with Gasteiger partial charge in [0.15, 0.2) is 0 Å². The zero-order chi connectivity index (χ0) is 26.5. The van der Waals surface area contributed by atoms with Crippen LogP contribution in [0.1, 0.15) is 53.9 Å². The first-order chi connectivity index (χ1) is 17.5. The molecule has 0 radical (unpaired) electrons. The molecule has 2 aromatic heterocycles. The Morgan fingerprint density at radius 3 is 2.49 bits per heavy atom. The maximum absolute atomic E-state index is 13.4. The smallest absolute Gasteiger partial charge is 0.399 e. The van der Waals surface area contributed by atoms with Gasteiger partial charge in [0.2, 0.25) is 5.56 Å². The van der Waals surface area contributed by atoms with Crippen LogP contribution in [0.2, 0.25) is 0 Å². The summed E-state index contributed by atoms with van der Waals surface area (Å²) in [5.74, 6) is 1.12. The number of nitrogen functional groups attached to an aromatic ring is 1. The summed E-state index contributed by atoms with van der Waals surface area (Å²) in [5, 5.41) is 4.12. The summed E-state index contributed by atoms with van der Waals surface area (Å²) < 4.78 is 41.8. The fourth-order valence-corrected chi connectivity index (χ4v) is 5.14. The third-order valence-electron chi connectivity index (χ3n) is 6.98. The Morgan fingerprint density at radius 2 is 1.78 bits per heavy atom. The molecule has 0 saturated carbocycles. The average molecular weight is 508 g/mol. The fraction of sp³-hybridized carbons (Fsp3) is 0.321. The highest BCUT2D eigenvalue weighted by Crippen LogP contribution is 2.39. The number of aryl methyl sites for hydroxylation is 3. The van der Waals surface area contributed by atoms with Crippen LogP contribution in [0.5, 0.6) is 0 Å². The zero-order valence-corrected chi connectivity index (χ0v) is 20.9. The molecule has 192 valence electrons. The van der Waals surface area contributed by atoms with Crippen LogP contribution in [0.3, 0.4) is 0 Å². The minimum atomic E-state index is -4.49. The Morgan fingerprint density at radius 1 is 1.05 bits per heavy atom. The number of halogens is 3. The van der Waals surface area contributed by atoms with E-state index in [1.807, 2.05) is 25.3 Å². The zero-order valence-electron chi connectivity index (χ0n) is 20.9. The van der Waals surface area contributed by atoms with Crippen molar-refractivity contribution in [2.24, 2.45) is 7.05 Å². The number of nitrogens with two attached hydrogens (primary N) is 1.